The van der Waals surface area contributed by atoms with E-state index in [1.54, 1.807) is 17.4 Å². The zero-order chi connectivity index (χ0) is 21.1. The van der Waals surface area contributed by atoms with Crippen LogP contribution < -0.4 is 15.4 Å². The van der Waals surface area contributed by atoms with Crippen molar-refractivity contribution in [3.63, 3.8) is 0 Å². The van der Waals surface area contributed by atoms with E-state index in [2.05, 4.69) is 15.6 Å². The van der Waals surface area contributed by atoms with Crippen LogP contribution in [0.15, 0.2) is 53.9 Å². The smallest absolute Gasteiger partial charge is 0.274 e. The molecule has 0 aliphatic carbocycles. The van der Waals surface area contributed by atoms with Gasteiger partial charge in [-0.1, -0.05) is 24.3 Å². The van der Waals surface area contributed by atoms with Crippen molar-refractivity contribution in [3.8, 4) is 5.75 Å². The number of nitrogens with one attached hydrogen (secondary N) is 2. The van der Waals surface area contributed by atoms with E-state index in [9.17, 15) is 9.59 Å². The molecule has 1 aromatic heterocycles. The Hall–Kier alpha value is -3.39. The summed E-state index contributed by atoms with van der Waals surface area (Å²) in [7, 11) is 1.62. The van der Waals surface area contributed by atoms with Crippen molar-refractivity contribution in [1.29, 1.82) is 0 Å². The fourth-order valence-corrected chi connectivity index (χ4v) is 4.17. The molecule has 0 radical (unpaired) electrons. The molecule has 1 aliphatic rings. The highest BCUT2D eigenvalue weighted by molar-refractivity contribution is 7.14. The second kappa shape index (κ2) is 8.54. The Morgan fingerprint density at radius 1 is 1.23 bits per heavy atom. The van der Waals surface area contributed by atoms with E-state index in [0.29, 0.717) is 23.9 Å². The highest BCUT2D eigenvalue weighted by Crippen LogP contribution is 2.29. The number of aryl methyl sites for hydroxylation is 1. The maximum atomic E-state index is 13.2. The van der Waals surface area contributed by atoms with Crippen LogP contribution in [0.25, 0.3) is 0 Å². The van der Waals surface area contributed by atoms with E-state index >= 15 is 0 Å². The van der Waals surface area contributed by atoms with Crippen LogP contribution in [0.5, 0.6) is 5.75 Å². The normalized spacial score (nSPS) is 16.1. The van der Waals surface area contributed by atoms with Crippen molar-refractivity contribution >= 4 is 34.0 Å². The number of thiazole rings is 1. The SMILES string of the molecule is COc1ccc(Nc2nc(C(=O)N3CCNC(=O)C3c3ccccc3C)cs2)cc1. The number of carbonyl (C=O) groups is 2. The van der Waals surface area contributed by atoms with Crippen LogP contribution in [0, 0.1) is 6.92 Å². The largest absolute Gasteiger partial charge is 0.497 e. The fourth-order valence-electron chi connectivity index (χ4n) is 3.46. The number of hydrogen-bond donors (Lipinski definition) is 2. The van der Waals surface area contributed by atoms with Gasteiger partial charge in [0.25, 0.3) is 5.91 Å². The number of piperazine rings is 1. The van der Waals surface area contributed by atoms with Crippen molar-refractivity contribution in [3.05, 3.63) is 70.7 Å². The number of benzene rings is 2. The van der Waals surface area contributed by atoms with E-state index in [-0.39, 0.29) is 11.8 Å². The molecule has 0 bridgehead atoms. The molecule has 8 heteroatoms. The summed E-state index contributed by atoms with van der Waals surface area (Å²) in [6, 6.07) is 14.4. The molecule has 2 N–H and O–H groups in total. The van der Waals surface area contributed by atoms with Crippen LogP contribution >= 0.6 is 11.3 Å². The van der Waals surface area contributed by atoms with Crippen molar-refractivity contribution in [1.82, 2.24) is 15.2 Å². The lowest BCUT2D eigenvalue weighted by molar-refractivity contribution is -0.128. The van der Waals surface area contributed by atoms with Gasteiger partial charge in [0.2, 0.25) is 5.91 Å². The summed E-state index contributed by atoms with van der Waals surface area (Å²) in [6.45, 7) is 2.80. The zero-order valence-corrected chi connectivity index (χ0v) is 17.5. The van der Waals surface area contributed by atoms with Crippen LogP contribution in [0.3, 0.4) is 0 Å². The molecule has 0 spiro atoms. The monoisotopic (exact) mass is 422 g/mol. The summed E-state index contributed by atoms with van der Waals surface area (Å²) >= 11 is 1.35. The first-order valence-electron chi connectivity index (χ1n) is 9.57. The molecular formula is C22H22N4O3S. The number of aromatic nitrogens is 1. The summed E-state index contributed by atoms with van der Waals surface area (Å²) in [4.78, 5) is 31.9. The van der Waals surface area contributed by atoms with Gasteiger partial charge in [0, 0.05) is 24.2 Å². The first kappa shape index (κ1) is 19.9. The fraction of sp³-hybridized carbons (Fsp3) is 0.227. The zero-order valence-electron chi connectivity index (χ0n) is 16.7. The highest BCUT2D eigenvalue weighted by atomic mass is 32.1. The molecular weight excluding hydrogens is 400 g/mol. The minimum atomic E-state index is -0.660. The molecule has 154 valence electrons. The number of hydrogen-bond acceptors (Lipinski definition) is 6. The first-order valence-corrected chi connectivity index (χ1v) is 10.5. The van der Waals surface area contributed by atoms with E-state index in [1.165, 1.54) is 11.3 Å². The van der Waals surface area contributed by atoms with Gasteiger partial charge < -0.3 is 20.3 Å². The van der Waals surface area contributed by atoms with E-state index < -0.39 is 6.04 Å². The van der Waals surface area contributed by atoms with Gasteiger partial charge in [0.1, 0.15) is 17.5 Å². The molecule has 30 heavy (non-hydrogen) atoms. The van der Waals surface area contributed by atoms with Gasteiger partial charge >= 0.3 is 0 Å². The third-order valence-corrected chi connectivity index (χ3v) is 5.78. The molecule has 1 fully saturated rings. The number of carbonyl (C=O) groups excluding carboxylic acids is 2. The lowest BCUT2D eigenvalue weighted by Gasteiger charge is -2.35. The predicted molar refractivity (Wildman–Crippen MR) is 116 cm³/mol. The van der Waals surface area contributed by atoms with Crippen LogP contribution in [-0.2, 0) is 4.79 Å². The number of amides is 2. The topological polar surface area (TPSA) is 83.6 Å². The number of nitrogens with zero attached hydrogens (tertiary/aromatic N) is 2. The van der Waals surface area contributed by atoms with E-state index in [4.69, 9.17) is 4.74 Å². The number of methoxy groups -OCH3 is 1. The molecule has 1 unspecified atom stereocenters. The minimum absolute atomic E-state index is 0.171. The standard InChI is InChI=1S/C22H22N4O3S/c1-14-5-3-4-6-17(14)19-20(27)23-11-12-26(19)21(28)18-13-30-22(25-18)24-15-7-9-16(29-2)10-8-15/h3-10,13,19H,11-12H2,1-2H3,(H,23,27)(H,24,25). The van der Waals surface area contributed by atoms with Crippen molar-refractivity contribution < 1.29 is 14.3 Å². The van der Waals surface area contributed by atoms with Crippen LogP contribution in [0.4, 0.5) is 10.8 Å². The van der Waals surface area contributed by atoms with Gasteiger partial charge in [0.05, 0.1) is 7.11 Å². The summed E-state index contributed by atoms with van der Waals surface area (Å²) < 4.78 is 5.16. The molecule has 1 aliphatic heterocycles. The van der Waals surface area contributed by atoms with E-state index in [1.807, 2.05) is 55.5 Å². The van der Waals surface area contributed by atoms with Gasteiger partial charge in [-0.15, -0.1) is 11.3 Å². The average molecular weight is 423 g/mol. The Morgan fingerprint density at radius 3 is 2.73 bits per heavy atom. The molecule has 1 atom stereocenters. The Morgan fingerprint density at radius 2 is 2.00 bits per heavy atom. The van der Waals surface area contributed by atoms with Gasteiger partial charge in [-0.3, -0.25) is 9.59 Å². The van der Waals surface area contributed by atoms with E-state index in [0.717, 1.165) is 22.6 Å². The van der Waals surface area contributed by atoms with Crippen molar-refractivity contribution in [2.45, 2.75) is 13.0 Å². The molecule has 2 heterocycles. The first-order chi connectivity index (χ1) is 14.6. The Kier molecular flexibility index (Phi) is 5.67. The molecule has 1 saturated heterocycles. The number of anilines is 2. The number of rotatable bonds is 5. The van der Waals surface area contributed by atoms with Gasteiger partial charge in [0.15, 0.2) is 5.13 Å². The summed E-state index contributed by atoms with van der Waals surface area (Å²) in [5.41, 5.74) is 2.97. The van der Waals surface area contributed by atoms with Crippen LogP contribution in [0.2, 0.25) is 0 Å². The second-order valence-electron chi connectivity index (χ2n) is 6.94. The Bertz CT molecular complexity index is 1060. The summed E-state index contributed by atoms with van der Waals surface area (Å²) in [5, 5.41) is 8.39. The third-order valence-electron chi connectivity index (χ3n) is 5.02. The maximum absolute atomic E-state index is 13.2. The second-order valence-corrected chi connectivity index (χ2v) is 7.80. The third kappa shape index (κ3) is 3.99. The molecule has 7 nitrogen and oxygen atoms in total. The van der Waals surface area contributed by atoms with Gasteiger partial charge in [-0.2, -0.15) is 0 Å². The highest BCUT2D eigenvalue weighted by Gasteiger charge is 2.36. The Labute approximate surface area is 178 Å². The average Bonchev–Trinajstić information content (AvgIpc) is 3.23. The molecule has 2 aromatic carbocycles. The molecule has 3 aromatic rings. The lowest BCUT2D eigenvalue weighted by atomic mass is 9.97. The Balaban J connectivity index is 1.55. The lowest BCUT2D eigenvalue weighted by Crippen LogP contribution is -2.52. The van der Waals surface area contributed by atoms with Crippen molar-refractivity contribution in [2.24, 2.45) is 0 Å². The summed E-state index contributed by atoms with van der Waals surface area (Å²) in [5.74, 6) is 0.342. The summed E-state index contributed by atoms with van der Waals surface area (Å²) in [6.07, 6.45) is 0. The van der Waals surface area contributed by atoms with Gasteiger partial charge in [-0.05, 0) is 42.3 Å². The van der Waals surface area contributed by atoms with Crippen LogP contribution in [0.1, 0.15) is 27.7 Å². The number of ether oxygens (including phenoxy) is 1. The molecule has 0 saturated carbocycles. The van der Waals surface area contributed by atoms with Gasteiger partial charge in [-0.25, -0.2) is 4.98 Å². The van der Waals surface area contributed by atoms with Crippen molar-refractivity contribution in [2.75, 3.05) is 25.5 Å². The maximum Gasteiger partial charge on any atom is 0.274 e. The predicted octanol–water partition coefficient (Wildman–Crippen LogP) is 3.52. The quantitative estimate of drug-likeness (QED) is 0.657. The molecule has 2 amide bonds. The minimum Gasteiger partial charge on any atom is -0.497 e. The molecule has 4 rings (SSSR count). The van der Waals surface area contributed by atoms with Crippen LogP contribution in [-0.4, -0.2) is 41.9 Å².